The van der Waals surface area contributed by atoms with E-state index in [0.717, 1.165) is 31.9 Å². The number of carboxylic acid groups (broad SMARTS) is 1. The van der Waals surface area contributed by atoms with Crippen LogP contribution in [-0.4, -0.2) is 60.7 Å². The number of nitrogens with zero attached hydrogens (tertiary/aromatic N) is 4. The Balaban J connectivity index is 2.26. The fraction of sp³-hybridized carbons (Fsp3) is 0.333. The molecule has 1 aromatic rings. The summed E-state index contributed by atoms with van der Waals surface area (Å²) in [6.45, 7) is 3.47. The van der Waals surface area contributed by atoms with Crippen molar-refractivity contribution in [3.8, 4) is 6.07 Å². The van der Waals surface area contributed by atoms with E-state index in [1.54, 1.807) is 24.3 Å². The van der Waals surface area contributed by atoms with Crippen molar-refractivity contribution >= 4 is 28.9 Å². The number of benzene rings is 1. The van der Waals surface area contributed by atoms with Gasteiger partial charge in [0.2, 0.25) is 5.71 Å². The molecule has 5 N–H and O–H groups in total. The van der Waals surface area contributed by atoms with Gasteiger partial charge in [-0.25, -0.2) is 4.79 Å². The molecular weight excluding hydrogens is 310 g/mol. The number of likely N-dealkylation sites (N-methyl/N-ethyl adjacent to an activating group) is 1. The second-order valence-electron chi connectivity index (χ2n) is 5.42. The third-order valence-electron chi connectivity index (χ3n) is 3.75. The predicted molar refractivity (Wildman–Crippen MR) is 91.7 cm³/mol. The van der Waals surface area contributed by atoms with E-state index in [9.17, 15) is 9.90 Å². The molecule has 1 aliphatic heterocycles. The van der Waals surface area contributed by atoms with Crippen LogP contribution in [0.2, 0.25) is 0 Å². The number of nitriles is 1. The van der Waals surface area contributed by atoms with E-state index in [1.807, 2.05) is 7.05 Å². The first-order chi connectivity index (χ1) is 11.4. The first kappa shape index (κ1) is 17.2. The molecule has 0 aromatic heterocycles. The third kappa shape index (κ3) is 3.99. The number of nitrogens with one attached hydrogen (secondary N) is 2. The topological polar surface area (TPSA) is 142 Å². The summed E-state index contributed by atoms with van der Waals surface area (Å²) in [4.78, 5) is 15.8. The fourth-order valence-corrected chi connectivity index (χ4v) is 2.33. The lowest BCUT2D eigenvalue weighted by molar-refractivity contribution is 0.0698. The summed E-state index contributed by atoms with van der Waals surface area (Å²) in [6.07, 6.45) is 0. The second kappa shape index (κ2) is 7.43. The van der Waals surface area contributed by atoms with Crippen LogP contribution in [0.5, 0.6) is 0 Å². The lowest BCUT2D eigenvalue weighted by atomic mass is 10.1. The number of anilines is 2. The monoisotopic (exact) mass is 329 g/mol. The molecule has 0 unspecified atom stereocenters. The van der Waals surface area contributed by atoms with Gasteiger partial charge in [-0.1, -0.05) is 0 Å². The van der Waals surface area contributed by atoms with Crippen LogP contribution in [0.15, 0.2) is 23.3 Å². The van der Waals surface area contributed by atoms with Gasteiger partial charge in [-0.05, 0) is 25.2 Å². The van der Waals surface area contributed by atoms with Gasteiger partial charge in [-0.15, -0.1) is 0 Å². The molecule has 2 rings (SSSR count). The molecule has 0 atom stereocenters. The Bertz CT molecular complexity index is 715. The van der Waals surface area contributed by atoms with E-state index in [2.05, 4.69) is 20.3 Å². The second-order valence-corrected chi connectivity index (χ2v) is 5.42. The number of hydrogen-bond donors (Lipinski definition) is 4. The molecule has 1 heterocycles. The number of hydrogen-bond acceptors (Lipinski definition) is 7. The van der Waals surface area contributed by atoms with Crippen LogP contribution in [0.4, 0.5) is 11.4 Å². The van der Waals surface area contributed by atoms with Gasteiger partial charge in [0.25, 0.3) is 0 Å². The normalized spacial score (nSPS) is 15.7. The lowest BCUT2D eigenvalue weighted by Gasteiger charge is -2.34. The molecule has 9 nitrogen and oxygen atoms in total. The lowest BCUT2D eigenvalue weighted by Crippen LogP contribution is -2.44. The molecule has 126 valence electrons. The molecule has 1 fully saturated rings. The van der Waals surface area contributed by atoms with Gasteiger partial charge >= 0.3 is 5.97 Å². The Morgan fingerprint density at radius 1 is 1.42 bits per heavy atom. The summed E-state index contributed by atoms with van der Waals surface area (Å²) in [5, 5.41) is 29.1. The van der Waals surface area contributed by atoms with Crippen LogP contribution in [0, 0.1) is 16.7 Å². The van der Waals surface area contributed by atoms with E-state index < -0.39 is 11.8 Å². The maximum absolute atomic E-state index is 11.5. The fourth-order valence-electron chi connectivity index (χ4n) is 2.33. The zero-order valence-electron chi connectivity index (χ0n) is 13.3. The van der Waals surface area contributed by atoms with Crippen LogP contribution >= 0.6 is 0 Å². The number of hydrazone groups is 1. The molecule has 0 aliphatic carbocycles. The van der Waals surface area contributed by atoms with Crippen LogP contribution in [0.3, 0.4) is 0 Å². The Labute approximate surface area is 139 Å². The first-order valence-corrected chi connectivity index (χ1v) is 7.31. The van der Waals surface area contributed by atoms with Gasteiger partial charge < -0.3 is 20.6 Å². The SMILES string of the molecule is CN1CCN(c2ccc(N/N=C(\C#N)C(=N)N)c(C(=O)O)c2)CC1. The zero-order valence-corrected chi connectivity index (χ0v) is 13.3. The molecule has 1 aliphatic rings. The molecule has 0 spiro atoms. The quantitative estimate of drug-likeness (QED) is 0.347. The van der Waals surface area contributed by atoms with Crippen LogP contribution in [-0.2, 0) is 0 Å². The minimum Gasteiger partial charge on any atom is -0.478 e. The number of rotatable bonds is 5. The molecule has 9 heteroatoms. The molecular formula is C15H19N7O2. The number of aromatic carboxylic acids is 1. The average molecular weight is 329 g/mol. The number of piperazine rings is 1. The summed E-state index contributed by atoms with van der Waals surface area (Å²) < 4.78 is 0. The molecule has 0 bridgehead atoms. The summed E-state index contributed by atoms with van der Waals surface area (Å²) in [5.74, 6) is -1.60. The highest BCUT2D eigenvalue weighted by molar-refractivity contribution is 6.45. The number of amidine groups is 1. The van der Waals surface area contributed by atoms with Crippen molar-refractivity contribution in [3.05, 3.63) is 23.8 Å². The summed E-state index contributed by atoms with van der Waals surface area (Å²) in [6, 6.07) is 6.63. The average Bonchev–Trinajstić information content (AvgIpc) is 2.56. The van der Waals surface area contributed by atoms with Gasteiger partial charge in [-0.2, -0.15) is 10.4 Å². The molecule has 0 amide bonds. The summed E-state index contributed by atoms with van der Waals surface area (Å²) >= 11 is 0. The predicted octanol–water partition coefficient (Wildman–Crippen LogP) is 0.364. The van der Waals surface area contributed by atoms with Crippen LogP contribution < -0.4 is 16.1 Å². The Morgan fingerprint density at radius 3 is 2.62 bits per heavy atom. The molecule has 0 radical (unpaired) electrons. The van der Waals surface area contributed by atoms with Gasteiger partial charge in [0, 0.05) is 31.9 Å². The Kier molecular flexibility index (Phi) is 5.34. The van der Waals surface area contributed by atoms with Gasteiger partial charge in [-0.3, -0.25) is 10.8 Å². The van der Waals surface area contributed by atoms with Crippen molar-refractivity contribution < 1.29 is 9.90 Å². The van der Waals surface area contributed by atoms with Crippen molar-refractivity contribution in [2.24, 2.45) is 10.8 Å². The van der Waals surface area contributed by atoms with E-state index in [-0.39, 0.29) is 17.0 Å². The Hall–Kier alpha value is -3.12. The minimum atomic E-state index is -1.11. The maximum atomic E-state index is 11.5. The van der Waals surface area contributed by atoms with Gasteiger partial charge in [0.1, 0.15) is 6.07 Å². The van der Waals surface area contributed by atoms with E-state index in [0.29, 0.717) is 0 Å². The highest BCUT2D eigenvalue weighted by Crippen LogP contribution is 2.24. The highest BCUT2D eigenvalue weighted by atomic mass is 16.4. The zero-order chi connectivity index (χ0) is 17.7. The number of carboxylic acids is 1. The van der Waals surface area contributed by atoms with E-state index >= 15 is 0 Å². The first-order valence-electron chi connectivity index (χ1n) is 7.31. The van der Waals surface area contributed by atoms with Crippen molar-refractivity contribution in [1.82, 2.24) is 4.90 Å². The largest absolute Gasteiger partial charge is 0.478 e. The van der Waals surface area contributed by atoms with Crippen LogP contribution in [0.25, 0.3) is 0 Å². The molecule has 24 heavy (non-hydrogen) atoms. The van der Waals surface area contributed by atoms with E-state index in [4.69, 9.17) is 16.4 Å². The standard InChI is InChI=1S/C15H19N7O2/c1-21-4-6-22(7-5-21)10-2-3-12(11(8-10)15(23)24)19-20-13(9-16)14(17)18/h2-3,8,19H,4-7H2,1H3,(H3,17,18)(H,23,24)/b20-13+. The van der Waals surface area contributed by atoms with Crippen molar-refractivity contribution in [2.45, 2.75) is 0 Å². The molecule has 1 saturated heterocycles. The van der Waals surface area contributed by atoms with Gasteiger partial charge in [0.05, 0.1) is 11.3 Å². The summed E-state index contributed by atoms with van der Waals surface area (Å²) in [7, 11) is 2.05. The van der Waals surface area contributed by atoms with Crippen LogP contribution in [0.1, 0.15) is 10.4 Å². The van der Waals surface area contributed by atoms with Crippen molar-refractivity contribution in [1.29, 1.82) is 10.7 Å². The summed E-state index contributed by atoms with van der Waals surface area (Å²) in [5.41, 5.74) is 8.49. The highest BCUT2D eigenvalue weighted by Gasteiger charge is 2.18. The minimum absolute atomic E-state index is 0.0380. The Morgan fingerprint density at radius 2 is 2.08 bits per heavy atom. The maximum Gasteiger partial charge on any atom is 0.337 e. The number of carbonyl (C=O) groups is 1. The molecule has 1 aromatic carbocycles. The van der Waals surface area contributed by atoms with E-state index in [1.165, 1.54) is 0 Å². The van der Waals surface area contributed by atoms with Crippen molar-refractivity contribution in [3.63, 3.8) is 0 Å². The smallest absolute Gasteiger partial charge is 0.337 e. The third-order valence-corrected chi connectivity index (χ3v) is 3.75. The molecule has 0 saturated carbocycles. The van der Waals surface area contributed by atoms with Gasteiger partial charge in [0.15, 0.2) is 5.84 Å². The number of nitrogens with two attached hydrogens (primary N) is 1. The van der Waals surface area contributed by atoms with Crippen molar-refractivity contribution in [2.75, 3.05) is 43.6 Å².